The van der Waals surface area contributed by atoms with Crippen LogP contribution in [0.1, 0.15) is 27.2 Å². The van der Waals surface area contributed by atoms with Gasteiger partial charge in [-0.2, -0.15) is 5.10 Å². The summed E-state index contributed by atoms with van der Waals surface area (Å²) in [4.78, 5) is 39.6. The topological polar surface area (TPSA) is 107 Å². The van der Waals surface area contributed by atoms with Gasteiger partial charge in [0.05, 0.1) is 17.8 Å². The predicted octanol–water partition coefficient (Wildman–Crippen LogP) is 3.37. The second-order valence-electron chi connectivity index (χ2n) is 8.92. The minimum atomic E-state index is -1.46. The monoisotopic (exact) mass is 469 g/mol. The van der Waals surface area contributed by atoms with Crippen molar-refractivity contribution in [3.8, 4) is 11.1 Å². The minimum Gasteiger partial charge on any atom is -0.331 e. The molecule has 3 aromatic carbocycles. The van der Waals surface area contributed by atoms with Crippen LogP contribution in [-0.2, 0) is 16.9 Å². The van der Waals surface area contributed by atoms with Gasteiger partial charge in [0.25, 0.3) is 11.8 Å². The van der Waals surface area contributed by atoms with Crippen LogP contribution in [0.15, 0.2) is 60.7 Å². The smallest absolute Gasteiger partial charge is 0.322 e. The summed E-state index contributed by atoms with van der Waals surface area (Å²) in [5.74, 6) is -1.42. The Labute approximate surface area is 199 Å². The van der Waals surface area contributed by atoms with Crippen molar-refractivity contribution in [2.45, 2.75) is 19.0 Å². The Balaban J connectivity index is 1.34. The Hall–Kier alpha value is -4.53. The molecule has 4 aromatic rings. The number of imide groups is 1. The molecule has 1 fully saturated rings. The molecule has 0 bridgehead atoms. The lowest BCUT2D eigenvalue weighted by atomic mass is 9.88. The van der Waals surface area contributed by atoms with Crippen LogP contribution in [0.3, 0.4) is 0 Å². The molecule has 35 heavy (non-hydrogen) atoms. The molecular formula is C26H20FN5O3. The van der Waals surface area contributed by atoms with Crippen molar-refractivity contribution >= 4 is 28.7 Å². The number of rotatable bonds is 4. The summed E-state index contributed by atoms with van der Waals surface area (Å²) < 4.78 is 13.7. The molecule has 2 aliphatic rings. The van der Waals surface area contributed by atoms with Crippen LogP contribution in [0, 0.1) is 12.7 Å². The standard InChI is InChI=1S/C26H20FN5O3/c1-14-20-10-16(5-9-22(20)31-30-14)15-2-6-18(7-3-15)26(24(34)28-25(35)29-26)13-32-12-17-4-8-19(27)11-21(17)23(32)33/h2-11H,12-13H2,1H3,(H,30,31)(H2,28,29,34,35)/t26-/m0/s1. The van der Waals surface area contributed by atoms with Gasteiger partial charge in [-0.15, -0.1) is 0 Å². The van der Waals surface area contributed by atoms with Gasteiger partial charge in [0.15, 0.2) is 5.54 Å². The zero-order valence-electron chi connectivity index (χ0n) is 18.7. The van der Waals surface area contributed by atoms with E-state index in [0.717, 1.165) is 27.7 Å². The summed E-state index contributed by atoms with van der Waals surface area (Å²) in [5, 5.41) is 13.3. The minimum absolute atomic E-state index is 0.0841. The Morgan fingerprint density at radius 3 is 2.51 bits per heavy atom. The number of aryl methyl sites for hydroxylation is 1. The van der Waals surface area contributed by atoms with E-state index >= 15 is 0 Å². The summed E-state index contributed by atoms with van der Waals surface area (Å²) >= 11 is 0. The van der Waals surface area contributed by atoms with Crippen molar-refractivity contribution in [2.75, 3.05) is 6.54 Å². The molecule has 0 unspecified atom stereocenters. The number of hydrogen-bond acceptors (Lipinski definition) is 4. The van der Waals surface area contributed by atoms with E-state index in [2.05, 4.69) is 20.8 Å². The first-order chi connectivity index (χ1) is 16.8. The van der Waals surface area contributed by atoms with Gasteiger partial charge >= 0.3 is 6.03 Å². The van der Waals surface area contributed by atoms with Crippen molar-refractivity contribution in [2.24, 2.45) is 0 Å². The molecule has 6 rings (SSSR count). The van der Waals surface area contributed by atoms with Crippen molar-refractivity contribution in [3.05, 3.63) is 88.9 Å². The maximum atomic E-state index is 13.7. The quantitative estimate of drug-likeness (QED) is 0.399. The molecule has 1 saturated heterocycles. The number of H-pyrrole nitrogens is 1. The third-order valence-corrected chi connectivity index (χ3v) is 6.78. The lowest BCUT2D eigenvalue weighted by molar-refractivity contribution is -0.124. The fourth-order valence-electron chi connectivity index (χ4n) is 4.92. The lowest BCUT2D eigenvalue weighted by Crippen LogP contribution is -2.52. The lowest BCUT2D eigenvalue weighted by Gasteiger charge is -2.31. The largest absolute Gasteiger partial charge is 0.331 e. The highest BCUT2D eigenvalue weighted by Gasteiger charge is 2.50. The van der Waals surface area contributed by atoms with Crippen LogP contribution in [0.4, 0.5) is 9.18 Å². The molecule has 3 heterocycles. The van der Waals surface area contributed by atoms with Crippen LogP contribution in [0.25, 0.3) is 22.0 Å². The molecule has 2 aliphatic heterocycles. The fraction of sp³-hybridized carbons (Fsp3) is 0.154. The van der Waals surface area contributed by atoms with Crippen molar-refractivity contribution < 1.29 is 18.8 Å². The van der Waals surface area contributed by atoms with Gasteiger partial charge in [-0.3, -0.25) is 20.0 Å². The highest BCUT2D eigenvalue weighted by atomic mass is 19.1. The van der Waals surface area contributed by atoms with Gasteiger partial charge in [-0.25, -0.2) is 9.18 Å². The second kappa shape index (κ2) is 7.49. The Kier molecular flexibility index (Phi) is 4.50. The highest BCUT2D eigenvalue weighted by molar-refractivity contribution is 6.08. The van der Waals surface area contributed by atoms with Gasteiger partial charge in [0, 0.05) is 17.5 Å². The SMILES string of the molecule is Cc1n[nH]c2ccc(-c3ccc([C@]4(CN5Cc6ccc(F)cc6C5=O)NC(=O)NC4=O)cc3)cc12. The predicted molar refractivity (Wildman–Crippen MR) is 126 cm³/mol. The average molecular weight is 469 g/mol. The van der Waals surface area contributed by atoms with E-state index in [1.54, 1.807) is 18.2 Å². The molecule has 174 valence electrons. The number of aromatic nitrogens is 2. The first-order valence-corrected chi connectivity index (χ1v) is 11.1. The fourth-order valence-corrected chi connectivity index (χ4v) is 4.92. The molecule has 1 aromatic heterocycles. The Morgan fingerprint density at radius 1 is 1.00 bits per heavy atom. The van der Waals surface area contributed by atoms with Gasteiger partial charge < -0.3 is 10.2 Å². The highest BCUT2D eigenvalue weighted by Crippen LogP contribution is 2.33. The number of aromatic amines is 1. The summed E-state index contributed by atoms with van der Waals surface area (Å²) in [6, 6.07) is 16.7. The molecule has 0 aliphatic carbocycles. The van der Waals surface area contributed by atoms with Crippen molar-refractivity contribution in [3.63, 3.8) is 0 Å². The number of benzene rings is 3. The molecule has 0 saturated carbocycles. The van der Waals surface area contributed by atoms with E-state index in [1.165, 1.54) is 17.0 Å². The van der Waals surface area contributed by atoms with Crippen molar-refractivity contribution in [1.29, 1.82) is 0 Å². The third-order valence-electron chi connectivity index (χ3n) is 6.78. The molecule has 3 N–H and O–H groups in total. The van der Waals surface area contributed by atoms with E-state index in [1.807, 2.05) is 37.3 Å². The molecule has 1 atom stereocenters. The van der Waals surface area contributed by atoms with Gasteiger partial charge in [0.1, 0.15) is 5.82 Å². The summed E-state index contributed by atoms with van der Waals surface area (Å²) in [7, 11) is 0. The average Bonchev–Trinajstić information content (AvgIpc) is 3.47. The zero-order chi connectivity index (χ0) is 24.3. The zero-order valence-corrected chi connectivity index (χ0v) is 18.7. The number of halogens is 1. The number of urea groups is 1. The molecule has 9 heteroatoms. The number of hydrogen-bond donors (Lipinski definition) is 3. The number of amides is 4. The molecule has 8 nitrogen and oxygen atoms in total. The van der Waals surface area contributed by atoms with Crippen LogP contribution in [0.5, 0.6) is 0 Å². The van der Waals surface area contributed by atoms with E-state index in [4.69, 9.17) is 0 Å². The Morgan fingerprint density at radius 2 is 1.77 bits per heavy atom. The van der Waals surface area contributed by atoms with Crippen LogP contribution in [-0.4, -0.2) is 39.5 Å². The van der Waals surface area contributed by atoms with E-state index in [0.29, 0.717) is 11.1 Å². The van der Waals surface area contributed by atoms with Crippen LogP contribution >= 0.6 is 0 Å². The van der Waals surface area contributed by atoms with Gasteiger partial charge in [0.2, 0.25) is 0 Å². The summed E-state index contributed by atoms with van der Waals surface area (Å²) in [6.45, 7) is 2.07. The second-order valence-corrected chi connectivity index (χ2v) is 8.92. The first kappa shape index (κ1) is 21.0. The third kappa shape index (κ3) is 3.27. The van der Waals surface area contributed by atoms with Gasteiger partial charge in [-0.05, 0) is 53.4 Å². The Bertz CT molecular complexity index is 1540. The maximum absolute atomic E-state index is 13.7. The summed E-state index contributed by atoms with van der Waals surface area (Å²) in [5.41, 5.74) is 3.78. The van der Waals surface area contributed by atoms with E-state index < -0.39 is 23.3 Å². The van der Waals surface area contributed by atoms with Crippen LogP contribution < -0.4 is 10.6 Å². The van der Waals surface area contributed by atoms with E-state index in [9.17, 15) is 18.8 Å². The van der Waals surface area contributed by atoms with Crippen molar-refractivity contribution in [1.82, 2.24) is 25.7 Å². The summed E-state index contributed by atoms with van der Waals surface area (Å²) in [6.07, 6.45) is 0. The first-order valence-electron chi connectivity index (χ1n) is 11.1. The normalized spacial score (nSPS) is 19.3. The van der Waals surface area contributed by atoms with Crippen LogP contribution in [0.2, 0.25) is 0 Å². The number of nitrogens with one attached hydrogen (secondary N) is 3. The van der Waals surface area contributed by atoms with E-state index in [-0.39, 0.29) is 24.6 Å². The number of carbonyl (C=O) groups excluding carboxylic acids is 3. The number of fused-ring (bicyclic) bond motifs is 2. The molecule has 0 spiro atoms. The molecular weight excluding hydrogens is 449 g/mol. The number of nitrogens with zero attached hydrogens (tertiary/aromatic N) is 2. The molecule has 0 radical (unpaired) electrons. The van der Waals surface area contributed by atoms with Gasteiger partial charge in [-0.1, -0.05) is 36.4 Å². The maximum Gasteiger partial charge on any atom is 0.322 e. The number of carbonyl (C=O) groups is 3. The molecule has 4 amide bonds.